The van der Waals surface area contributed by atoms with Crippen molar-refractivity contribution in [3.8, 4) is 10.4 Å². The fraction of sp³-hybridized carbons (Fsp3) is 0.217. The van der Waals surface area contributed by atoms with E-state index >= 15 is 0 Å². The first-order valence-corrected chi connectivity index (χ1v) is 12.0. The first-order chi connectivity index (χ1) is 14.1. The van der Waals surface area contributed by atoms with E-state index in [0.29, 0.717) is 11.1 Å². The van der Waals surface area contributed by atoms with Gasteiger partial charge in [-0.25, -0.2) is 0 Å². The monoisotopic (exact) mass is 442 g/mol. The molecule has 0 saturated carbocycles. The number of thiophene rings is 1. The summed E-state index contributed by atoms with van der Waals surface area (Å²) >= 11 is 9.90. The van der Waals surface area contributed by atoms with Gasteiger partial charge in [0.25, 0.3) is 0 Å². The van der Waals surface area contributed by atoms with Crippen molar-refractivity contribution < 1.29 is 5.21 Å². The molecule has 0 aliphatic carbocycles. The van der Waals surface area contributed by atoms with Gasteiger partial charge in [0.2, 0.25) is 0 Å². The first kappa shape index (κ1) is 20.5. The number of anilines is 1. The van der Waals surface area contributed by atoms with E-state index < -0.39 is 0 Å². The van der Waals surface area contributed by atoms with Gasteiger partial charge < -0.3 is 10.5 Å². The molecule has 0 bridgehead atoms. The maximum absolute atomic E-state index is 9.43. The molecule has 1 fully saturated rings. The third-order valence-corrected chi connectivity index (χ3v) is 7.13. The summed E-state index contributed by atoms with van der Waals surface area (Å²) in [5.74, 6) is 0. The molecule has 0 spiro atoms. The maximum Gasteiger partial charge on any atom is 0.0640 e. The largest absolute Gasteiger partial charge is 0.353 e. The van der Waals surface area contributed by atoms with Crippen molar-refractivity contribution in [3.05, 3.63) is 76.6 Å². The Hall–Kier alpha value is -1.76. The van der Waals surface area contributed by atoms with E-state index in [9.17, 15) is 5.21 Å². The van der Waals surface area contributed by atoms with Crippen LogP contribution in [0.15, 0.2) is 71.6 Å². The smallest absolute Gasteiger partial charge is 0.0640 e. The molecule has 1 aliphatic heterocycles. The Morgan fingerprint density at radius 3 is 2.83 bits per heavy atom. The van der Waals surface area contributed by atoms with Crippen molar-refractivity contribution in [3.63, 3.8) is 0 Å². The van der Waals surface area contributed by atoms with Crippen molar-refractivity contribution in [2.45, 2.75) is 23.8 Å². The van der Waals surface area contributed by atoms with Crippen LogP contribution in [-0.2, 0) is 0 Å². The molecule has 150 valence electrons. The number of nitrogens with one attached hydrogen (secondary N) is 1. The van der Waals surface area contributed by atoms with E-state index in [1.807, 2.05) is 24.3 Å². The van der Waals surface area contributed by atoms with Gasteiger partial charge in [-0.15, -0.1) is 23.1 Å². The minimum absolute atomic E-state index is 0.293. The summed E-state index contributed by atoms with van der Waals surface area (Å²) in [6, 6.07) is 21.1. The zero-order chi connectivity index (χ0) is 20.2. The third kappa shape index (κ3) is 5.24. The third-order valence-electron chi connectivity index (χ3n) is 4.90. The molecule has 2 unspecified atom stereocenters. The number of halogens is 1. The Labute approximate surface area is 185 Å². The molecule has 1 aliphatic rings. The van der Waals surface area contributed by atoms with Crippen molar-refractivity contribution in [2.75, 3.05) is 18.1 Å². The van der Waals surface area contributed by atoms with Crippen molar-refractivity contribution in [1.29, 1.82) is 0 Å². The first-order valence-electron chi connectivity index (χ1n) is 9.56. The second-order valence-corrected chi connectivity index (χ2v) is 9.34. The summed E-state index contributed by atoms with van der Waals surface area (Å²) in [6.45, 7) is 0.774. The number of hydrogen-bond acceptors (Lipinski definition) is 5. The summed E-state index contributed by atoms with van der Waals surface area (Å²) in [4.78, 5) is 3.68. The Balaban J connectivity index is 1.59. The van der Waals surface area contributed by atoms with Crippen LogP contribution in [0, 0.1) is 0 Å². The lowest BCUT2D eigenvalue weighted by atomic mass is 10.2. The van der Waals surface area contributed by atoms with Gasteiger partial charge in [-0.05, 0) is 61.1 Å². The van der Waals surface area contributed by atoms with Gasteiger partial charge >= 0.3 is 0 Å². The number of hydrogen-bond donors (Lipinski definition) is 2. The minimum atomic E-state index is 0.293. The van der Waals surface area contributed by atoms with Gasteiger partial charge in [0.1, 0.15) is 0 Å². The van der Waals surface area contributed by atoms with E-state index in [-0.39, 0.29) is 0 Å². The lowest BCUT2D eigenvalue weighted by Crippen LogP contribution is -1.99. The van der Waals surface area contributed by atoms with Crippen LogP contribution in [0.5, 0.6) is 0 Å². The van der Waals surface area contributed by atoms with Crippen LogP contribution in [-0.4, -0.2) is 29.1 Å². The molecule has 3 nitrogen and oxygen atoms in total. The van der Waals surface area contributed by atoms with E-state index in [1.165, 1.54) is 25.3 Å². The highest BCUT2D eigenvalue weighted by Crippen LogP contribution is 2.35. The highest BCUT2D eigenvalue weighted by atomic mass is 35.5. The number of rotatable bonds is 8. The highest BCUT2D eigenvalue weighted by molar-refractivity contribution is 7.98. The molecule has 6 heteroatoms. The molecule has 2 heterocycles. The van der Waals surface area contributed by atoms with Gasteiger partial charge in [-0.2, -0.15) is 5.06 Å². The molecule has 2 N–H and O–H groups in total. The number of para-hydroxylation sites is 1. The van der Waals surface area contributed by atoms with Crippen LogP contribution in [0.25, 0.3) is 16.1 Å². The average Bonchev–Trinajstić information content (AvgIpc) is 3.23. The lowest BCUT2D eigenvalue weighted by Gasteiger charge is -2.11. The minimum Gasteiger partial charge on any atom is -0.353 e. The lowest BCUT2D eigenvalue weighted by molar-refractivity contribution is 0.0175. The summed E-state index contributed by atoms with van der Waals surface area (Å²) in [7, 11) is 0. The molecule has 4 rings (SSSR count). The number of thioether (sulfide) groups is 1. The number of nitrogens with zero attached hydrogens (tertiary/aromatic N) is 1. The number of benzene rings is 2. The molecular weight excluding hydrogens is 420 g/mol. The molecule has 1 aromatic heterocycles. The normalized spacial score (nSPS) is 18.7. The summed E-state index contributed by atoms with van der Waals surface area (Å²) in [6.07, 6.45) is 6.14. The fourth-order valence-corrected chi connectivity index (χ4v) is 4.80. The molecule has 1 saturated heterocycles. The van der Waals surface area contributed by atoms with Crippen LogP contribution < -0.4 is 5.32 Å². The van der Waals surface area contributed by atoms with E-state index in [0.717, 1.165) is 30.8 Å². The molecule has 2 atom stereocenters. The predicted molar refractivity (Wildman–Crippen MR) is 126 cm³/mol. The zero-order valence-electron chi connectivity index (χ0n) is 16.1. The highest BCUT2D eigenvalue weighted by Gasteiger charge is 2.31. The Bertz CT molecular complexity index is 1020. The summed E-state index contributed by atoms with van der Waals surface area (Å²) in [5, 5.41) is 15.0. The number of hydroxylamine groups is 2. The molecule has 29 heavy (non-hydrogen) atoms. The van der Waals surface area contributed by atoms with Crippen LogP contribution in [0.2, 0.25) is 5.02 Å². The van der Waals surface area contributed by atoms with Crippen LogP contribution in [0.3, 0.4) is 0 Å². The SMILES string of the molecule is CSc1cccc(-c2ccc(/C(=C/CCC3CN3O)Nc3ccccc3Cl)s2)c1. The topological polar surface area (TPSA) is 35.3 Å². The second-order valence-electron chi connectivity index (χ2n) is 6.97. The van der Waals surface area contributed by atoms with Crippen LogP contribution in [0.1, 0.15) is 17.7 Å². The Morgan fingerprint density at radius 1 is 1.24 bits per heavy atom. The van der Waals surface area contributed by atoms with Crippen molar-refractivity contribution in [1.82, 2.24) is 5.06 Å². The van der Waals surface area contributed by atoms with Crippen molar-refractivity contribution >= 4 is 46.1 Å². The molecular formula is C23H23ClN2OS2. The van der Waals surface area contributed by atoms with Crippen LogP contribution in [0.4, 0.5) is 5.69 Å². The maximum atomic E-state index is 9.43. The van der Waals surface area contributed by atoms with E-state index in [1.54, 1.807) is 23.1 Å². The zero-order valence-corrected chi connectivity index (χ0v) is 18.5. The van der Waals surface area contributed by atoms with Gasteiger partial charge in [-0.1, -0.05) is 41.9 Å². The fourth-order valence-electron chi connectivity index (χ4n) is 3.16. The van der Waals surface area contributed by atoms with E-state index in [2.05, 4.69) is 54.0 Å². The van der Waals surface area contributed by atoms with Crippen molar-refractivity contribution in [2.24, 2.45) is 0 Å². The van der Waals surface area contributed by atoms with Gasteiger partial charge in [-0.3, -0.25) is 0 Å². The molecule has 0 radical (unpaired) electrons. The number of allylic oxidation sites excluding steroid dienone is 1. The molecule has 3 aromatic rings. The molecule has 0 amide bonds. The predicted octanol–water partition coefficient (Wildman–Crippen LogP) is 7.10. The average molecular weight is 443 g/mol. The van der Waals surface area contributed by atoms with Crippen LogP contribution >= 0.6 is 34.7 Å². The van der Waals surface area contributed by atoms with Gasteiger partial charge in [0, 0.05) is 16.3 Å². The second kappa shape index (κ2) is 9.37. The van der Waals surface area contributed by atoms with Gasteiger partial charge in [0.15, 0.2) is 0 Å². The van der Waals surface area contributed by atoms with Gasteiger partial charge in [0.05, 0.1) is 27.3 Å². The standard InChI is InChI=1S/C23H23ClN2OS2/c1-28-18-8-4-6-16(14-18)22-12-13-23(29-22)21(11-5-7-17-15-26(17)27)25-20-10-3-2-9-19(20)24/h2-4,6,8-14,17,25,27H,5,7,15H2,1H3/b21-11-. The Kier molecular flexibility index (Phi) is 6.63. The summed E-state index contributed by atoms with van der Waals surface area (Å²) < 4.78 is 0. The quantitative estimate of drug-likeness (QED) is 0.288. The Morgan fingerprint density at radius 2 is 2.07 bits per heavy atom. The summed E-state index contributed by atoms with van der Waals surface area (Å²) in [5.41, 5.74) is 3.19. The van der Waals surface area contributed by atoms with E-state index in [4.69, 9.17) is 11.6 Å². The molecule has 2 aromatic carbocycles.